The minimum absolute atomic E-state index is 0.0554. The van der Waals surface area contributed by atoms with Gasteiger partial charge in [0, 0.05) is 55.0 Å². The van der Waals surface area contributed by atoms with Crippen molar-refractivity contribution < 1.29 is 4.79 Å². The molecule has 7 heteroatoms. The van der Waals surface area contributed by atoms with Crippen LogP contribution >= 0.6 is 0 Å². The zero-order chi connectivity index (χ0) is 36.2. The maximum atomic E-state index is 14.1. The predicted molar refractivity (Wildman–Crippen MR) is 213 cm³/mol. The minimum Gasteiger partial charge on any atom is -0.331 e. The smallest absolute Gasteiger partial charge is 0.320 e. The van der Waals surface area contributed by atoms with Gasteiger partial charge in [-0.2, -0.15) is 0 Å². The summed E-state index contributed by atoms with van der Waals surface area (Å²) in [6.07, 6.45) is 11.9. The number of urea groups is 1. The number of aromatic nitrogens is 2. The van der Waals surface area contributed by atoms with E-state index >= 15 is 0 Å². The molecule has 0 unspecified atom stereocenters. The normalized spacial score (nSPS) is 33.7. The summed E-state index contributed by atoms with van der Waals surface area (Å²) in [6.45, 7) is 15.3. The molecule has 4 aliphatic carbocycles. The third-order valence-electron chi connectivity index (χ3n) is 14.7. The third-order valence-corrected chi connectivity index (χ3v) is 16.5. The highest BCUT2D eigenvalue weighted by Gasteiger charge is 2.60. The van der Waals surface area contributed by atoms with Crippen molar-refractivity contribution in [2.24, 2.45) is 35.5 Å². The van der Waals surface area contributed by atoms with Gasteiger partial charge in [-0.15, -0.1) is 0 Å². The Balaban J connectivity index is 1.21. The standard InChI is InChI=1S/C45H61N5OSi/c1-29-21-32-23-40-37(44(26-29)35(32)15-11-19-49(44)28-31-13-9-8-10-14-31)17-18-39(46-40)34-25-38-41(47-42(34)52(5,6)7)24-33-22-30(2)27-45(38)36(33)16-12-20-50(45)43(51)48(3)4/h8-10,13-14,17-18,25,29-30,32-33,35-36H,11-12,15-16,19-24,26-28H2,1-7H3/t29-,30-,32+,33+,35-,36-,44-,45-/m1/s1. The predicted octanol–water partition coefficient (Wildman–Crippen LogP) is 8.59. The van der Waals surface area contributed by atoms with Crippen molar-refractivity contribution >= 4 is 19.4 Å². The van der Waals surface area contributed by atoms with Crippen LogP contribution in [0.2, 0.25) is 19.6 Å². The summed E-state index contributed by atoms with van der Waals surface area (Å²) in [5.74, 6) is 3.77. The molecule has 9 rings (SSSR count). The van der Waals surface area contributed by atoms with E-state index in [0.29, 0.717) is 35.5 Å². The number of nitrogens with zero attached hydrogens (tertiary/aromatic N) is 5. The molecule has 0 radical (unpaired) electrons. The first kappa shape index (κ1) is 34.7. The van der Waals surface area contributed by atoms with Crippen LogP contribution in [-0.2, 0) is 30.5 Å². The maximum absolute atomic E-state index is 14.1. The number of amides is 2. The molecule has 0 spiro atoms. The van der Waals surface area contributed by atoms with Gasteiger partial charge in [0.25, 0.3) is 0 Å². The molecule has 2 saturated heterocycles. The van der Waals surface area contributed by atoms with Crippen LogP contribution in [-0.4, -0.2) is 66.0 Å². The molecule has 4 fully saturated rings. The molecule has 4 bridgehead atoms. The van der Waals surface area contributed by atoms with Crippen molar-refractivity contribution in [2.75, 3.05) is 27.2 Å². The van der Waals surface area contributed by atoms with Crippen LogP contribution in [0.3, 0.4) is 0 Å². The number of piperidine rings is 2. The quantitative estimate of drug-likeness (QED) is 0.254. The highest BCUT2D eigenvalue weighted by atomic mass is 28.3. The Morgan fingerprint density at radius 1 is 0.827 bits per heavy atom. The van der Waals surface area contributed by atoms with Crippen LogP contribution in [0.25, 0.3) is 11.3 Å². The zero-order valence-electron chi connectivity index (χ0n) is 32.9. The van der Waals surface area contributed by atoms with Gasteiger partial charge in [0.15, 0.2) is 0 Å². The van der Waals surface area contributed by atoms with Crippen molar-refractivity contribution in [3.63, 3.8) is 0 Å². The summed E-state index contributed by atoms with van der Waals surface area (Å²) in [5, 5.41) is 1.30. The largest absolute Gasteiger partial charge is 0.331 e. The van der Waals surface area contributed by atoms with Gasteiger partial charge in [-0.25, -0.2) is 4.79 Å². The molecule has 4 heterocycles. The van der Waals surface area contributed by atoms with E-state index in [2.05, 4.69) is 91.8 Å². The maximum Gasteiger partial charge on any atom is 0.320 e. The summed E-state index contributed by atoms with van der Waals surface area (Å²) >= 11 is 0. The molecule has 2 saturated carbocycles. The molecule has 6 nitrogen and oxygen atoms in total. The van der Waals surface area contributed by atoms with Crippen LogP contribution in [0.1, 0.15) is 93.3 Å². The molecule has 2 aromatic heterocycles. The molecule has 52 heavy (non-hydrogen) atoms. The molecule has 3 aromatic rings. The fourth-order valence-electron chi connectivity index (χ4n) is 13.1. The van der Waals surface area contributed by atoms with Gasteiger partial charge >= 0.3 is 6.03 Å². The third kappa shape index (κ3) is 5.21. The summed E-state index contributed by atoms with van der Waals surface area (Å²) in [5.41, 5.74) is 9.02. The summed E-state index contributed by atoms with van der Waals surface area (Å²) in [4.78, 5) is 32.6. The van der Waals surface area contributed by atoms with Crippen LogP contribution < -0.4 is 5.32 Å². The van der Waals surface area contributed by atoms with Gasteiger partial charge in [0.05, 0.1) is 16.8 Å². The number of fused-ring (bicyclic) bond motifs is 2. The second-order valence-electron chi connectivity index (χ2n) is 19.4. The average molecular weight is 716 g/mol. The number of likely N-dealkylation sites (tertiary alicyclic amines) is 2. The molecular weight excluding hydrogens is 655 g/mol. The lowest BCUT2D eigenvalue weighted by molar-refractivity contribution is -0.0967. The number of rotatable bonds is 4. The van der Waals surface area contributed by atoms with Crippen molar-refractivity contribution in [1.82, 2.24) is 24.7 Å². The first-order valence-electron chi connectivity index (χ1n) is 20.7. The molecule has 8 atom stereocenters. The monoisotopic (exact) mass is 715 g/mol. The summed E-state index contributed by atoms with van der Waals surface area (Å²) in [7, 11) is 1.99. The average Bonchev–Trinajstić information content (AvgIpc) is 3.10. The highest BCUT2D eigenvalue weighted by molar-refractivity contribution is 6.89. The number of carbonyl (C=O) groups is 1. The van der Waals surface area contributed by atoms with Crippen LogP contribution in [0.5, 0.6) is 0 Å². The van der Waals surface area contributed by atoms with E-state index in [4.69, 9.17) is 9.97 Å². The Morgan fingerprint density at radius 2 is 1.46 bits per heavy atom. The fraction of sp³-hybridized carbons (Fsp3) is 0.622. The number of hydrogen-bond acceptors (Lipinski definition) is 4. The van der Waals surface area contributed by atoms with Gasteiger partial charge in [-0.05, 0) is 130 Å². The second-order valence-corrected chi connectivity index (χ2v) is 24.4. The van der Waals surface area contributed by atoms with Gasteiger partial charge in [-0.3, -0.25) is 14.9 Å². The van der Waals surface area contributed by atoms with Crippen molar-refractivity contribution in [3.8, 4) is 11.3 Å². The first-order valence-corrected chi connectivity index (χ1v) is 24.2. The van der Waals surface area contributed by atoms with E-state index in [-0.39, 0.29) is 17.1 Å². The molecule has 276 valence electrons. The highest BCUT2D eigenvalue weighted by Crippen LogP contribution is 2.61. The topological polar surface area (TPSA) is 52.6 Å². The Kier molecular flexibility index (Phi) is 8.35. The van der Waals surface area contributed by atoms with E-state index < -0.39 is 8.07 Å². The second kappa shape index (κ2) is 12.5. The molecule has 2 aliphatic heterocycles. The Hall–Kier alpha value is -3.03. The van der Waals surface area contributed by atoms with Crippen molar-refractivity contribution in [1.29, 1.82) is 0 Å². The van der Waals surface area contributed by atoms with E-state index in [0.717, 1.165) is 51.0 Å². The SMILES string of the molecule is C[C@@H]1C[C@H]2Cc3nc(-c4cc5c(nc4[Si](C)(C)C)C[C@@H]4C[C@@H](C)C[C@@]56[C@@H]4CCCN6C(=O)N(C)C)ccc3[C@@]3(C1)[C@@H]2CCCN3Cc1ccccc1. The molecular formula is C45H61N5OSi. The van der Waals surface area contributed by atoms with E-state index in [9.17, 15) is 4.79 Å². The Labute approximate surface area is 313 Å². The van der Waals surface area contributed by atoms with Crippen LogP contribution in [0, 0.1) is 35.5 Å². The van der Waals surface area contributed by atoms with Gasteiger partial charge in [0.1, 0.15) is 8.07 Å². The van der Waals surface area contributed by atoms with E-state index in [1.54, 1.807) is 0 Å². The lowest BCUT2D eigenvalue weighted by Gasteiger charge is -2.61. The first-order chi connectivity index (χ1) is 24.9. The lowest BCUT2D eigenvalue weighted by Crippen LogP contribution is -2.65. The van der Waals surface area contributed by atoms with Crippen molar-refractivity contribution in [3.05, 3.63) is 76.6 Å². The van der Waals surface area contributed by atoms with Crippen molar-refractivity contribution in [2.45, 2.75) is 115 Å². The van der Waals surface area contributed by atoms with E-state index in [1.165, 1.54) is 77.5 Å². The fourth-order valence-corrected chi connectivity index (χ4v) is 14.6. The minimum atomic E-state index is -1.87. The van der Waals surface area contributed by atoms with Crippen LogP contribution in [0.4, 0.5) is 4.79 Å². The zero-order valence-corrected chi connectivity index (χ0v) is 33.9. The Morgan fingerprint density at radius 3 is 2.13 bits per heavy atom. The summed E-state index contributed by atoms with van der Waals surface area (Å²) < 4.78 is 0. The molecule has 1 aromatic carbocycles. The van der Waals surface area contributed by atoms with Crippen LogP contribution in [0.15, 0.2) is 48.5 Å². The Bertz CT molecular complexity index is 1870. The van der Waals surface area contributed by atoms with E-state index in [1.807, 2.05) is 19.0 Å². The molecule has 2 amide bonds. The number of pyridine rings is 2. The summed E-state index contributed by atoms with van der Waals surface area (Å²) in [6, 6.07) is 18.8. The van der Waals surface area contributed by atoms with Gasteiger partial charge in [-0.1, -0.05) is 69.9 Å². The molecule has 0 N–H and O–H groups in total. The molecule has 6 aliphatic rings. The van der Waals surface area contributed by atoms with Gasteiger partial charge in [0.2, 0.25) is 0 Å². The number of carbonyl (C=O) groups excluding carboxylic acids is 1. The number of hydrogen-bond donors (Lipinski definition) is 0. The lowest BCUT2D eigenvalue weighted by atomic mass is 9.53. The van der Waals surface area contributed by atoms with Gasteiger partial charge < -0.3 is 9.80 Å². The number of benzene rings is 1.